The second-order valence-corrected chi connectivity index (χ2v) is 5.93. The highest BCUT2D eigenvalue weighted by Crippen LogP contribution is 2.25. The van der Waals surface area contributed by atoms with Crippen molar-refractivity contribution in [2.75, 3.05) is 14.2 Å². The minimum Gasteiger partial charge on any atom is -0.493 e. The summed E-state index contributed by atoms with van der Waals surface area (Å²) in [6.45, 7) is 0. The number of fused-ring (bicyclic) bond motifs is 4. The van der Waals surface area contributed by atoms with Crippen LogP contribution in [-0.4, -0.2) is 14.2 Å². The van der Waals surface area contributed by atoms with Crippen molar-refractivity contribution in [1.29, 1.82) is 0 Å². The molecule has 0 spiro atoms. The van der Waals surface area contributed by atoms with Gasteiger partial charge in [0.1, 0.15) is 0 Å². The van der Waals surface area contributed by atoms with Crippen molar-refractivity contribution in [2.45, 2.75) is 25.7 Å². The highest BCUT2D eigenvalue weighted by atomic mass is 16.5. The smallest absolute Gasteiger partial charge is 0.168 e. The van der Waals surface area contributed by atoms with Crippen molar-refractivity contribution >= 4 is 12.2 Å². The van der Waals surface area contributed by atoms with Crippen LogP contribution in [0.2, 0.25) is 0 Å². The molecule has 0 heterocycles. The van der Waals surface area contributed by atoms with E-state index in [-0.39, 0.29) is 0 Å². The Bertz CT molecular complexity index is 955. The second-order valence-electron chi connectivity index (χ2n) is 5.93. The van der Waals surface area contributed by atoms with Gasteiger partial charge in [-0.1, -0.05) is 24.3 Å². The Balaban J connectivity index is 2.16. The Morgan fingerprint density at radius 3 is 2.55 bits per heavy atom. The zero-order chi connectivity index (χ0) is 15.1. The first-order valence-corrected chi connectivity index (χ1v) is 7.90. The zero-order valence-electron chi connectivity index (χ0n) is 13.1. The topological polar surface area (TPSA) is 18.5 Å². The Morgan fingerprint density at radius 2 is 1.73 bits per heavy atom. The number of ether oxygens (including phenoxy) is 2. The molecule has 0 fully saturated rings. The van der Waals surface area contributed by atoms with E-state index in [9.17, 15) is 0 Å². The molecule has 2 aliphatic carbocycles. The molecule has 0 N–H and O–H groups in total. The summed E-state index contributed by atoms with van der Waals surface area (Å²) in [7, 11) is 3.40. The van der Waals surface area contributed by atoms with Crippen LogP contribution < -0.4 is 19.9 Å². The van der Waals surface area contributed by atoms with E-state index in [2.05, 4.69) is 30.4 Å². The summed E-state index contributed by atoms with van der Waals surface area (Å²) < 4.78 is 11.0. The Kier molecular flexibility index (Phi) is 3.18. The van der Waals surface area contributed by atoms with Crippen molar-refractivity contribution in [3.63, 3.8) is 0 Å². The highest BCUT2D eigenvalue weighted by Gasteiger charge is 2.14. The maximum absolute atomic E-state index is 5.60. The molecule has 22 heavy (non-hydrogen) atoms. The summed E-state index contributed by atoms with van der Waals surface area (Å²) in [4.78, 5) is 0. The van der Waals surface area contributed by atoms with Crippen LogP contribution in [0.3, 0.4) is 0 Å². The van der Waals surface area contributed by atoms with Gasteiger partial charge in [0.2, 0.25) is 0 Å². The largest absolute Gasteiger partial charge is 0.493 e. The summed E-state index contributed by atoms with van der Waals surface area (Å²) in [6.07, 6.45) is 9.31. The van der Waals surface area contributed by atoms with Crippen LogP contribution in [0.1, 0.15) is 24.0 Å². The first-order valence-electron chi connectivity index (χ1n) is 7.90. The lowest BCUT2D eigenvalue weighted by Crippen LogP contribution is -2.20. The van der Waals surface area contributed by atoms with E-state index >= 15 is 0 Å². The fraction of sp³-hybridized carbons (Fsp3) is 0.300. The molecule has 0 saturated heterocycles. The van der Waals surface area contributed by atoms with Gasteiger partial charge in [0.15, 0.2) is 11.5 Å². The summed E-state index contributed by atoms with van der Waals surface area (Å²) >= 11 is 0. The predicted molar refractivity (Wildman–Crippen MR) is 88.5 cm³/mol. The van der Waals surface area contributed by atoms with Gasteiger partial charge in [-0.15, -0.1) is 0 Å². The fourth-order valence-electron chi connectivity index (χ4n) is 3.81. The molecule has 0 amide bonds. The van der Waals surface area contributed by atoms with Crippen LogP contribution in [0.4, 0.5) is 0 Å². The molecule has 0 aromatic heterocycles. The minimum atomic E-state index is 0.798. The van der Waals surface area contributed by atoms with E-state index in [1.165, 1.54) is 40.5 Å². The zero-order valence-corrected chi connectivity index (χ0v) is 13.1. The maximum Gasteiger partial charge on any atom is 0.168 e. The lowest BCUT2D eigenvalue weighted by atomic mass is 9.89. The van der Waals surface area contributed by atoms with E-state index in [0.717, 1.165) is 23.1 Å². The van der Waals surface area contributed by atoms with Crippen LogP contribution in [0.15, 0.2) is 24.3 Å². The summed E-state index contributed by atoms with van der Waals surface area (Å²) in [5.41, 5.74) is 3.04. The predicted octanol–water partition coefficient (Wildman–Crippen LogP) is 2.44. The molecule has 0 atom stereocenters. The maximum atomic E-state index is 5.60. The Hall–Kier alpha value is -2.22. The van der Waals surface area contributed by atoms with Gasteiger partial charge < -0.3 is 9.47 Å². The van der Waals surface area contributed by atoms with Crippen molar-refractivity contribution in [3.05, 3.63) is 56.3 Å². The molecule has 0 unspecified atom stereocenters. The molecule has 2 aromatic rings. The molecule has 0 aliphatic heterocycles. The molecule has 2 nitrogen and oxygen atoms in total. The average Bonchev–Trinajstić information content (AvgIpc) is 2.59. The van der Waals surface area contributed by atoms with Crippen LogP contribution >= 0.6 is 0 Å². The molecule has 2 heteroatoms. The quantitative estimate of drug-likeness (QED) is 0.846. The van der Waals surface area contributed by atoms with Gasteiger partial charge in [0.05, 0.1) is 14.2 Å². The van der Waals surface area contributed by atoms with Crippen molar-refractivity contribution in [2.24, 2.45) is 0 Å². The third kappa shape index (κ3) is 1.87. The first kappa shape index (κ1) is 13.4. The number of benzene rings is 2. The lowest BCUT2D eigenvalue weighted by molar-refractivity contribution is 0.352. The Labute approximate surface area is 130 Å². The van der Waals surface area contributed by atoms with Gasteiger partial charge in [-0.2, -0.15) is 0 Å². The first-order chi connectivity index (χ1) is 10.8. The lowest BCUT2D eigenvalue weighted by Gasteiger charge is -2.17. The van der Waals surface area contributed by atoms with Crippen LogP contribution in [0.25, 0.3) is 12.2 Å². The molecule has 4 rings (SSSR count). The fourth-order valence-corrected chi connectivity index (χ4v) is 3.81. The number of rotatable bonds is 2. The minimum absolute atomic E-state index is 0.798. The average molecular weight is 292 g/mol. The van der Waals surface area contributed by atoms with Crippen molar-refractivity contribution in [1.82, 2.24) is 0 Å². The highest BCUT2D eigenvalue weighted by molar-refractivity contribution is 5.53. The van der Waals surface area contributed by atoms with Crippen LogP contribution in [-0.2, 0) is 12.8 Å². The molecule has 0 radical (unpaired) electrons. The Morgan fingerprint density at radius 1 is 0.864 bits per heavy atom. The van der Waals surface area contributed by atoms with E-state index in [4.69, 9.17) is 9.47 Å². The number of methoxy groups -OCH3 is 2. The molecule has 112 valence electrons. The van der Waals surface area contributed by atoms with Crippen LogP contribution in [0.5, 0.6) is 11.5 Å². The van der Waals surface area contributed by atoms with Gasteiger partial charge in [-0.05, 0) is 64.6 Å². The second kappa shape index (κ2) is 5.20. The third-order valence-corrected chi connectivity index (χ3v) is 4.85. The molecule has 0 bridgehead atoms. The van der Waals surface area contributed by atoms with Gasteiger partial charge in [0, 0.05) is 5.22 Å². The molecular formula is C20H20O2. The molecular weight excluding hydrogens is 272 g/mol. The molecule has 2 aliphatic rings. The third-order valence-electron chi connectivity index (χ3n) is 4.85. The van der Waals surface area contributed by atoms with E-state index in [1.807, 2.05) is 6.07 Å². The van der Waals surface area contributed by atoms with Gasteiger partial charge in [-0.3, -0.25) is 0 Å². The van der Waals surface area contributed by atoms with Crippen molar-refractivity contribution in [3.8, 4) is 11.5 Å². The van der Waals surface area contributed by atoms with Gasteiger partial charge in [0.25, 0.3) is 0 Å². The number of hydrogen-bond donors (Lipinski definition) is 0. The molecule has 2 aromatic carbocycles. The van der Waals surface area contributed by atoms with Gasteiger partial charge in [-0.25, -0.2) is 0 Å². The van der Waals surface area contributed by atoms with Gasteiger partial charge >= 0.3 is 0 Å². The number of hydrogen-bond acceptors (Lipinski definition) is 2. The monoisotopic (exact) mass is 292 g/mol. The van der Waals surface area contributed by atoms with E-state index < -0.39 is 0 Å². The summed E-state index contributed by atoms with van der Waals surface area (Å²) in [5, 5.41) is 5.20. The normalized spacial score (nSPS) is 14.8. The molecule has 0 saturated carbocycles. The van der Waals surface area contributed by atoms with E-state index in [0.29, 0.717) is 0 Å². The van der Waals surface area contributed by atoms with E-state index in [1.54, 1.807) is 19.8 Å². The SMILES string of the molecule is COc1ccc2c(c1OC)=CCc1c3c(ccc1=2)=CCCC3. The van der Waals surface area contributed by atoms with Crippen LogP contribution in [0, 0.1) is 10.4 Å². The standard InChI is InChI=1S/C20H20O2/c1-21-19-12-11-17-16-8-7-13-5-3-4-6-14(13)15(16)9-10-18(17)20(19)22-2/h5,7-8,10-12H,3-4,6,9H2,1-2H3. The summed E-state index contributed by atoms with van der Waals surface area (Å²) in [5.74, 6) is 1.64. The van der Waals surface area contributed by atoms with Crippen molar-refractivity contribution < 1.29 is 9.47 Å². The summed E-state index contributed by atoms with van der Waals surface area (Å²) in [6, 6.07) is 8.71.